The molecule has 2 aromatic rings. The molecule has 0 saturated heterocycles. The van der Waals surface area contributed by atoms with Gasteiger partial charge < -0.3 is 14.2 Å². The Kier molecular flexibility index (Phi) is 3.52. The number of furan rings is 1. The van der Waals surface area contributed by atoms with Gasteiger partial charge >= 0.3 is 0 Å². The molecule has 0 fully saturated rings. The first-order valence-corrected chi connectivity index (χ1v) is 6.95. The van der Waals surface area contributed by atoms with Crippen LogP contribution in [0.1, 0.15) is 16.1 Å². The summed E-state index contributed by atoms with van der Waals surface area (Å²) in [5, 5.41) is 0. The average molecular weight is 282 g/mol. The zero-order valence-corrected chi connectivity index (χ0v) is 12.2. The van der Waals surface area contributed by atoms with Crippen molar-refractivity contribution >= 4 is 17.2 Å². The molecule has 0 atom stereocenters. The molecule has 1 aliphatic heterocycles. The van der Waals surface area contributed by atoms with E-state index in [-0.39, 0.29) is 5.91 Å². The number of anilines is 1. The molecule has 0 aliphatic carbocycles. The molecule has 108 valence electrons. The molecule has 1 aromatic carbocycles. The van der Waals surface area contributed by atoms with Crippen molar-refractivity contribution in [2.45, 2.75) is 0 Å². The SMILES string of the molecule is CN(C)c1ccc(C2=CCN(C(=O)c3ccco3)C2)cc1. The first-order valence-electron chi connectivity index (χ1n) is 6.95. The van der Waals surface area contributed by atoms with E-state index in [4.69, 9.17) is 4.42 Å². The number of carbonyl (C=O) groups is 1. The van der Waals surface area contributed by atoms with E-state index in [0.29, 0.717) is 18.8 Å². The molecule has 1 aromatic heterocycles. The second-order valence-corrected chi connectivity index (χ2v) is 5.33. The minimum absolute atomic E-state index is 0.0591. The van der Waals surface area contributed by atoms with Gasteiger partial charge in [-0.05, 0) is 35.4 Å². The summed E-state index contributed by atoms with van der Waals surface area (Å²) in [6.07, 6.45) is 3.63. The lowest BCUT2D eigenvalue weighted by Gasteiger charge is -2.16. The molecule has 0 N–H and O–H groups in total. The van der Waals surface area contributed by atoms with E-state index in [0.717, 1.165) is 5.56 Å². The fourth-order valence-corrected chi connectivity index (χ4v) is 2.45. The van der Waals surface area contributed by atoms with Crippen LogP contribution in [-0.2, 0) is 0 Å². The van der Waals surface area contributed by atoms with Crippen LogP contribution in [0.3, 0.4) is 0 Å². The van der Waals surface area contributed by atoms with Gasteiger partial charge in [0.15, 0.2) is 5.76 Å². The van der Waals surface area contributed by atoms with E-state index < -0.39 is 0 Å². The van der Waals surface area contributed by atoms with Crippen molar-refractivity contribution in [3.8, 4) is 0 Å². The molecule has 0 saturated carbocycles. The van der Waals surface area contributed by atoms with E-state index in [1.54, 1.807) is 17.0 Å². The summed E-state index contributed by atoms with van der Waals surface area (Å²) in [7, 11) is 4.04. The van der Waals surface area contributed by atoms with Crippen molar-refractivity contribution in [2.24, 2.45) is 0 Å². The molecule has 0 spiro atoms. The van der Waals surface area contributed by atoms with Crippen molar-refractivity contribution in [1.82, 2.24) is 4.90 Å². The van der Waals surface area contributed by atoms with Gasteiger partial charge in [-0.15, -0.1) is 0 Å². The van der Waals surface area contributed by atoms with Gasteiger partial charge in [0.25, 0.3) is 5.91 Å². The van der Waals surface area contributed by atoms with Crippen LogP contribution in [0.15, 0.2) is 53.2 Å². The third kappa shape index (κ3) is 2.70. The van der Waals surface area contributed by atoms with E-state index in [1.807, 2.05) is 14.1 Å². The highest BCUT2D eigenvalue weighted by molar-refractivity contribution is 5.93. The quantitative estimate of drug-likeness (QED) is 0.868. The summed E-state index contributed by atoms with van der Waals surface area (Å²) >= 11 is 0. The second-order valence-electron chi connectivity index (χ2n) is 5.33. The van der Waals surface area contributed by atoms with Gasteiger partial charge in [0, 0.05) is 32.9 Å². The lowest BCUT2D eigenvalue weighted by Crippen LogP contribution is -2.28. The molecule has 0 bridgehead atoms. The maximum Gasteiger partial charge on any atom is 0.290 e. The molecule has 4 heteroatoms. The van der Waals surface area contributed by atoms with Crippen LogP contribution in [0.2, 0.25) is 0 Å². The van der Waals surface area contributed by atoms with E-state index in [9.17, 15) is 4.79 Å². The smallest absolute Gasteiger partial charge is 0.290 e. The lowest BCUT2D eigenvalue weighted by molar-refractivity contribution is 0.0770. The van der Waals surface area contributed by atoms with Gasteiger partial charge in [0.2, 0.25) is 0 Å². The normalized spacial score (nSPS) is 14.2. The third-order valence-electron chi connectivity index (χ3n) is 3.69. The monoisotopic (exact) mass is 282 g/mol. The summed E-state index contributed by atoms with van der Waals surface area (Å²) in [6, 6.07) is 11.8. The Balaban J connectivity index is 1.70. The van der Waals surface area contributed by atoms with Gasteiger partial charge in [-0.2, -0.15) is 0 Å². The Morgan fingerprint density at radius 3 is 2.57 bits per heavy atom. The maximum atomic E-state index is 12.2. The van der Waals surface area contributed by atoms with Crippen molar-refractivity contribution in [1.29, 1.82) is 0 Å². The largest absolute Gasteiger partial charge is 0.459 e. The predicted octanol–water partition coefficient (Wildman–Crippen LogP) is 2.89. The number of hydrogen-bond donors (Lipinski definition) is 0. The van der Waals surface area contributed by atoms with E-state index in [2.05, 4.69) is 35.2 Å². The summed E-state index contributed by atoms with van der Waals surface area (Å²) in [5.74, 6) is 0.337. The number of benzene rings is 1. The number of carbonyl (C=O) groups excluding carboxylic acids is 1. The van der Waals surface area contributed by atoms with Gasteiger partial charge in [-0.3, -0.25) is 4.79 Å². The first-order chi connectivity index (χ1) is 10.1. The topological polar surface area (TPSA) is 36.7 Å². The summed E-state index contributed by atoms with van der Waals surface area (Å²) < 4.78 is 5.17. The van der Waals surface area contributed by atoms with Crippen LogP contribution < -0.4 is 4.90 Å². The van der Waals surface area contributed by atoms with Crippen molar-refractivity contribution < 1.29 is 9.21 Å². The Morgan fingerprint density at radius 2 is 1.95 bits per heavy atom. The van der Waals surface area contributed by atoms with Crippen molar-refractivity contribution in [2.75, 3.05) is 32.1 Å². The van der Waals surface area contributed by atoms with Gasteiger partial charge in [-0.25, -0.2) is 0 Å². The van der Waals surface area contributed by atoms with Crippen LogP contribution in [0, 0.1) is 0 Å². The first kappa shape index (κ1) is 13.5. The van der Waals surface area contributed by atoms with E-state index >= 15 is 0 Å². The number of amides is 1. The summed E-state index contributed by atoms with van der Waals surface area (Å²) in [6.45, 7) is 1.26. The van der Waals surface area contributed by atoms with Crippen molar-refractivity contribution in [3.63, 3.8) is 0 Å². The molecule has 1 aliphatic rings. The molecule has 4 nitrogen and oxygen atoms in total. The van der Waals surface area contributed by atoms with Gasteiger partial charge in [0.05, 0.1) is 6.26 Å². The molecule has 2 heterocycles. The second kappa shape index (κ2) is 5.48. The Morgan fingerprint density at radius 1 is 1.19 bits per heavy atom. The molecule has 21 heavy (non-hydrogen) atoms. The van der Waals surface area contributed by atoms with Gasteiger partial charge in [0.1, 0.15) is 0 Å². The average Bonchev–Trinajstić information content (AvgIpc) is 3.18. The highest BCUT2D eigenvalue weighted by atomic mass is 16.3. The molecular formula is C17H18N2O2. The predicted molar refractivity (Wildman–Crippen MR) is 83.4 cm³/mol. The van der Waals surface area contributed by atoms with Crippen molar-refractivity contribution in [3.05, 3.63) is 60.1 Å². The van der Waals surface area contributed by atoms with Crippen LogP contribution in [0.25, 0.3) is 5.57 Å². The number of nitrogens with zero attached hydrogens (tertiary/aromatic N) is 2. The fraction of sp³-hybridized carbons (Fsp3) is 0.235. The van der Waals surface area contributed by atoms with Crippen LogP contribution in [0.5, 0.6) is 0 Å². The maximum absolute atomic E-state index is 12.2. The molecular weight excluding hydrogens is 264 g/mol. The van der Waals surface area contributed by atoms with Crippen LogP contribution in [-0.4, -0.2) is 38.0 Å². The van der Waals surface area contributed by atoms with Gasteiger partial charge in [-0.1, -0.05) is 18.2 Å². The molecule has 1 amide bonds. The standard InChI is InChI=1S/C17H18N2O2/c1-18(2)15-7-5-13(6-8-15)14-9-10-19(12-14)17(20)16-4-3-11-21-16/h3-9,11H,10,12H2,1-2H3. The summed E-state index contributed by atoms with van der Waals surface area (Å²) in [4.78, 5) is 16.1. The number of hydrogen-bond acceptors (Lipinski definition) is 3. The fourth-order valence-electron chi connectivity index (χ4n) is 2.45. The van der Waals surface area contributed by atoms with Crippen LogP contribution >= 0.6 is 0 Å². The Bertz CT molecular complexity index is 655. The Labute approximate surface area is 124 Å². The zero-order chi connectivity index (χ0) is 14.8. The molecule has 0 radical (unpaired) electrons. The minimum atomic E-state index is -0.0591. The van der Waals surface area contributed by atoms with Crippen LogP contribution in [0.4, 0.5) is 5.69 Å². The Hall–Kier alpha value is -2.49. The third-order valence-corrected chi connectivity index (χ3v) is 3.69. The highest BCUT2D eigenvalue weighted by Crippen LogP contribution is 2.24. The minimum Gasteiger partial charge on any atom is -0.459 e. The molecule has 0 unspecified atom stereocenters. The lowest BCUT2D eigenvalue weighted by atomic mass is 10.1. The number of rotatable bonds is 3. The highest BCUT2D eigenvalue weighted by Gasteiger charge is 2.23. The van der Waals surface area contributed by atoms with E-state index in [1.165, 1.54) is 17.5 Å². The summed E-state index contributed by atoms with van der Waals surface area (Å²) in [5.41, 5.74) is 3.51. The zero-order valence-electron chi connectivity index (χ0n) is 12.2. The molecule has 3 rings (SSSR count).